The Hall–Kier alpha value is -0.900. The number of ether oxygens (including phenoxy) is 2. The predicted molar refractivity (Wildman–Crippen MR) is 79.9 cm³/mol. The van der Waals surface area contributed by atoms with E-state index in [0.717, 1.165) is 52.2 Å². The summed E-state index contributed by atoms with van der Waals surface area (Å²) in [6.45, 7) is 6.97. The summed E-state index contributed by atoms with van der Waals surface area (Å²) in [5.74, 6) is 0. The molecule has 2 aliphatic heterocycles. The molecule has 3 heteroatoms. The first-order valence-electron chi connectivity index (χ1n) is 7.75. The van der Waals surface area contributed by atoms with Crippen LogP contribution >= 0.6 is 0 Å². The average molecular weight is 275 g/mol. The SMILES string of the molecule is CC1(CNCC2OCCc3ccccc32)CCOCC1. The van der Waals surface area contributed by atoms with Gasteiger partial charge in [0.15, 0.2) is 0 Å². The van der Waals surface area contributed by atoms with E-state index in [1.54, 1.807) is 0 Å². The molecule has 3 rings (SSSR count). The molecule has 0 spiro atoms. The molecule has 1 aromatic carbocycles. The van der Waals surface area contributed by atoms with Gasteiger partial charge in [0.2, 0.25) is 0 Å². The fraction of sp³-hybridized carbons (Fsp3) is 0.647. The van der Waals surface area contributed by atoms with Crippen LogP contribution in [0.1, 0.15) is 37.0 Å². The van der Waals surface area contributed by atoms with Gasteiger partial charge in [0.05, 0.1) is 12.7 Å². The van der Waals surface area contributed by atoms with Crippen molar-refractivity contribution in [2.45, 2.75) is 32.3 Å². The lowest BCUT2D eigenvalue weighted by atomic mass is 9.82. The van der Waals surface area contributed by atoms with Crippen LogP contribution in [0.25, 0.3) is 0 Å². The largest absolute Gasteiger partial charge is 0.381 e. The maximum atomic E-state index is 5.94. The smallest absolute Gasteiger partial charge is 0.0952 e. The summed E-state index contributed by atoms with van der Waals surface area (Å²) < 4.78 is 11.4. The van der Waals surface area contributed by atoms with Gasteiger partial charge in [0.1, 0.15) is 0 Å². The Morgan fingerprint density at radius 3 is 2.85 bits per heavy atom. The lowest BCUT2D eigenvalue weighted by Crippen LogP contribution is -2.39. The zero-order chi connectivity index (χ0) is 13.8. The quantitative estimate of drug-likeness (QED) is 0.916. The Balaban J connectivity index is 1.54. The first-order chi connectivity index (χ1) is 9.77. The van der Waals surface area contributed by atoms with Crippen molar-refractivity contribution in [3.8, 4) is 0 Å². The molecule has 2 aliphatic rings. The molecule has 1 fully saturated rings. The van der Waals surface area contributed by atoms with Crippen LogP contribution in [0.2, 0.25) is 0 Å². The van der Waals surface area contributed by atoms with Crippen molar-refractivity contribution in [3.05, 3.63) is 35.4 Å². The predicted octanol–water partition coefficient (Wildman–Crippen LogP) is 2.71. The van der Waals surface area contributed by atoms with Crippen LogP contribution in [-0.4, -0.2) is 32.9 Å². The van der Waals surface area contributed by atoms with Crippen LogP contribution < -0.4 is 5.32 Å². The van der Waals surface area contributed by atoms with Gasteiger partial charge < -0.3 is 14.8 Å². The van der Waals surface area contributed by atoms with Crippen LogP contribution in [0.5, 0.6) is 0 Å². The van der Waals surface area contributed by atoms with Crippen molar-refractivity contribution in [1.29, 1.82) is 0 Å². The molecule has 1 N–H and O–H groups in total. The van der Waals surface area contributed by atoms with Gasteiger partial charge in [-0.1, -0.05) is 31.2 Å². The van der Waals surface area contributed by atoms with Crippen molar-refractivity contribution >= 4 is 0 Å². The summed E-state index contributed by atoms with van der Waals surface area (Å²) in [7, 11) is 0. The lowest BCUT2D eigenvalue weighted by molar-refractivity contribution is 0.0161. The summed E-state index contributed by atoms with van der Waals surface area (Å²) in [4.78, 5) is 0. The van der Waals surface area contributed by atoms with E-state index in [4.69, 9.17) is 9.47 Å². The van der Waals surface area contributed by atoms with Crippen LogP contribution in [0.4, 0.5) is 0 Å². The lowest BCUT2D eigenvalue weighted by Gasteiger charge is -2.34. The Kier molecular flexibility index (Phi) is 4.39. The minimum atomic E-state index is 0.211. The maximum Gasteiger partial charge on any atom is 0.0952 e. The van der Waals surface area contributed by atoms with Gasteiger partial charge in [0, 0.05) is 26.3 Å². The van der Waals surface area contributed by atoms with E-state index in [1.165, 1.54) is 11.1 Å². The van der Waals surface area contributed by atoms with Crippen molar-refractivity contribution in [2.75, 3.05) is 32.9 Å². The molecule has 0 aliphatic carbocycles. The minimum Gasteiger partial charge on any atom is -0.381 e. The van der Waals surface area contributed by atoms with E-state index >= 15 is 0 Å². The first-order valence-corrected chi connectivity index (χ1v) is 7.75. The van der Waals surface area contributed by atoms with Crippen LogP contribution in [0, 0.1) is 5.41 Å². The number of nitrogens with one attached hydrogen (secondary N) is 1. The van der Waals surface area contributed by atoms with Crippen molar-refractivity contribution in [3.63, 3.8) is 0 Å². The molecule has 110 valence electrons. The third-order valence-electron chi connectivity index (χ3n) is 4.67. The standard InChI is InChI=1S/C17H25NO2/c1-17(7-10-19-11-8-17)13-18-12-16-15-5-3-2-4-14(15)6-9-20-16/h2-5,16,18H,6-13H2,1H3. The third kappa shape index (κ3) is 3.22. The molecule has 1 aromatic rings. The molecule has 20 heavy (non-hydrogen) atoms. The molecule has 0 bridgehead atoms. The first kappa shape index (κ1) is 14.1. The second-order valence-corrected chi connectivity index (χ2v) is 6.36. The highest BCUT2D eigenvalue weighted by molar-refractivity contribution is 5.31. The Morgan fingerprint density at radius 2 is 2.00 bits per heavy atom. The van der Waals surface area contributed by atoms with Gasteiger partial charge in [-0.05, 0) is 35.8 Å². The van der Waals surface area contributed by atoms with Crippen LogP contribution in [0.3, 0.4) is 0 Å². The summed E-state index contributed by atoms with van der Waals surface area (Å²) >= 11 is 0. The van der Waals surface area contributed by atoms with Crippen molar-refractivity contribution in [1.82, 2.24) is 5.32 Å². The van der Waals surface area contributed by atoms with Crippen molar-refractivity contribution < 1.29 is 9.47 Å². The second kappa shape index (κ2) is 6.25. The number of hydrogen-bond donors (Lipinski definition) is 1. The molecule has 3 nitrogen and oxygen atoms in total. The minimum absolute atomic E-state index is 0.211. The summed E-state index contributed by atoms with van der Waals surface area (Å²) in [5, 5.41) is 3.63. The third-order valence-corrected chi connectivity index (χ3v) is 4.67. The number of benzene rings is 1. The molecular weight excluding hydrogens is 250 g/mol. The molecule has 0 radical (unpaired) electrons. The monoisotopic (exact) mass is 275 g/mol. The van der Waals surface area contributed by atoms with E-state index in [9.17, 15) is 0 Å². The summed E-state index contributed by atoms with van der Waals surface area (Å²) in [6, 6.07) is 8.67. The van der Waals surface area contributed by atoms with E-state index in [1.807, 2.05) is 0 Å². The second-order valence-electron chi connectivity index (χ2n) is 6.36. The van der Waals surface area contributed by atoms with Gasteiger partial charge in [-0.3, -0.25) is 0 Å². The summed E-state index contributed by atoms with van der Waals surface area (Å²) in [5.41, 5.74) is 3.19. The van der Waals surface area contributed by atoms with E-state index in [-0.39, 0.29) is 6.10 Å². The van der Waals surface area contributed by atoms with Gasteiger partial charge in [-0.25, -0.2) is 0 Å². The molecular formula is C17H25NO2. The van der Waals surface area contributed by atoms with E-state index < -0.39 is 0 Å². The van der Waals surface area contributed by atoms with Gasteiger partial charge in [-0.15, -0.1) is 0 Å². The highest BCUT2D eigenvalue weighted by atomic mass is 16.5. The molecule has 1 saturated heterocycles. The van der Waals surface area contributed by atoms with E-state index in [0.29, 0.717) is 5.41 Å². The topological polar surface area (TPSA) is 30.5 Å². The highest BCUT2D eigenvalue weighted by Gasteiger charge is 2.27. The highest BCUT2D eigenvalue weighted by Crippen LogP contribution is 2.30. The normalized spacial score (nSPS) is 25.1. The Labute approximate surface area is 121 Å². The Morgan fingerprint density at radius 1 is 1.20 bits per heavy atom. The fourth-order valence-electron chi connectivity index (χ4n) is 3.19. The molecule has 1 unspecified atom stereocenters. The molecule has 1 atom stereocenters. The average Bonchev–Trinajstić information content (AvgIpc) is 2.48. The number of fused-ring (bicyclic) bond motifs is 1. The van der Waals surface area contributed by atoms with Gasteiger partial charge in [0.25, 0.3) is 0 Å². The fourth-order valence-corrected chi connectivity index (χ4v) is 3.19. The number of rotatable bonds is 4. The number of hydrogen-bond acceptors (Lipinski definition) is 3. The molecule has 0 saturated carbocycles. The van der Waals surface area contributed by atoms with E-state index in [2.05, 4.69) is 36.5 Å². The maximum absolute atomic E-state index is 5.94. The van der Waals surface area contributed by atoms with Crippen LogP contribution in [-0.2, 0) is 15.9 Å². The molecule has 0 aromatic heterocycles. The summed E-state index contributed by atoms with van der Waals surface area (Å²) in [6.07, 6.45) is 3.56. The van der Waals surface area contributed by atoms with Crippen LogP contribution in [0.15, 0.2) is 24.3 Å². The van der Waals surface area contributed by atoms with Gasteiger partial charge in [-0.2, -0.15) is 0 Å². The molecule has 0 amide bonds. The zero-order valence-electron chi connectivity index (χ0n) is 12.4. The van der Waals surface area contributed by atoms with Crippen molar-refractivity contribution in [2.24, 2.45) is 5.41 Å². The Bertz CT molecular complexity index is 440. The zero-order valence-corrected chi connectivity index (χ0v) is 12.4. The molecule has 2 heterocycles. The van der Waals surface area contributed by atoms with Gasteiger partial charge >= 0.3 is 0 Å².